The van der Waals surface area contributed by atoms with Gasteiger partial charge in [-0.2, -0.15) is 0 Å². The van der Waals surface area contributed by atoms with Crippen molar-refractivity contribution in [2.75, 3.05) is 23.1 Å². The minimum Gasteiger partial charge on any atom is -0.395 e. The number of amides is 1. The first-order valence-electron chi connectivity index (χ1n) is 9.28. The Kier molecular flexibility index (Phi) is 4.73. The van der Waals surface area contributed by atoms with Gasteiger partial charge in [0.2, 0.25) is 0 Å². The highest BCUT2D eigenvalue weighted by Crippen LogP contribution is 2.33. The van der Waals surface area contributed by atoms with Crippen LogP contribution in [-0.2, 0) is 11.3 Å². The molecule has 4 rings (SSSR count). The maximum atomic E-state index is 12.7. The standard InChI is InChI=1S/C19H24N8O2/c1-10-11(2)29-9-12-6-13(18(20)14(7-12)26(3)21)24-16-4-5-17-22-8-15(19(28)23-10)27(17)25-16/h4-8,10-11H,9,20-21H2,1-3H3,(H,23,28)(H,24,25). The van der Waals surface area contributed by atoms with Crippen molar-refractivity contribution in [1.82, 2.24) is 19.9 Å². The molecular formula is C19H24N8O2. The van der Waals surface area contributed by atoms with Crippen LogP contribution in [-0.4, -0.2) is 39.7 Å². The highest BCUT2D eigenvalue weighted by molar-refractivity contribution is 5.93. The monoisotopic (exact) mass is 396 g/mol. The van der Waals surface area contributed by atoms with Gasteiger partial charge in [-0.25, -0.2) is 15.3 Å². The molecule has 0 fully saturated rings. The zero-order valence-electron chi connectivity index (χ0n) is 16.5. The molecule has 10 nitrogen and oxygen atoms in total. The van der Waals surface area contributed by atoms with E-state index in [0.29, 0.717) is 40.8 Å². The van der Waals surface area contributed by atoms with Gasteiger partial charge in [0.25, 0.3) is 5.91 Å². The largest absolute Gasteiger partial charge is 0.395 e. The number of fused-ring (bicyclic) bond motifs is 3. The van der Waals surface area contributed by atoms with Gasteiger partial charge in [0.1, 0.15) is 0 Å². The zero-order chi connectivity index (χ0) is 20.7. The molecule has 1 amide bonds. The number of carbonyl (C=O) groups excluding carboxylic acids is 1. The summed E-state index contributed by atoms with van der Waals surface area (Å²) in [6, 6.07) is 7.12. The summed E-state index contributed by atoms with van der Waals surface area (Å²) in [7, 11) is 1.72. The lowest BCUT2D eigenvalue weighted by Gasteiger charge is -2.24. The van der Waals surface area contributed by atoms with Gasteiger partial charge in [0.05, 0.1) is 42.0 Å². The van der Waals surface area contributed by atoms with Crippen LogP contribution < -0.4 is 27.2 Å². The van der Waals surface area contributed by atoms with Gasteiger partial charge < -0.3 is 26.1 Å². The van der Waals surface area contributed by atoms with E-state index in [1.165, 1.54) is 15.7 Å². The highest BCUT2D eigenvalue weighted by Gasteiger charge is 2.21. The van der Waals surface area contributed by atoms with Crippen molar-refractivity contribution in [3.05, 3.63) is 41.7 Å². The van der Waals surface area contributed by atoms with Crippen LogP contribution in [0.3, 0.4) is 0 Å². The number of aromatic nitrogens is 3. The van der Waals surface area contributed by atoms with E-state index in [1.807, 2.05) is 26.0 Å². The molecule has 1 aliphatic rings. The lowest BCUT2D eigenvalue weighted by Crippen LogP contribution is -2.41. The molecule has 6 N–H and O–H groups in total. The van der Waals surface area contributed by atoms with Crippen molar-refractivity contribution in [1.29, 1.82) is 0 Å². The normalized spacial score (nSPS) is 19.5. The Morgan fingerprint density at radius 1 is 1.31 bits per heavy atom. The smallest absolute Gasteiger partial charge is 0.271 e. The van der Waals surface area contributed by atoms with Gasteiger partial charge in [0, 0.05) is 7.05 Å². The maximum Gasteiger partial charge on any atom is 0.271 e. The summed E-state index contributed by atoms with van der Waals surface area (Å²) in [6.07, 6.45) is 1.28. The summed E-state index contributed by atoms with van der Waals surface area (Å²) in [6.45, 7) is 4.14. The Hall–Kier alpha value is -3.37. The number of hydrazine groups is 1. The fraction of sp³-hybridized carbons (Fsp3) is 0.316. The quantitative estimate of drug-likeness (QED) is 0.275. The number of carbonyl (C=O) groups is 1. The number of ether oxygens (including phenoxy) is 1. The summed E-state index contributed by atoms with van der Waals surface area (Å²) in [4.78, 5) is 17.0. The molecule has 2 atom stereocenters. The van der Waals surface area contributed by atoms with Crippen LogP contribution in [0.1, 0.15) is 29.9 Å². The number of hydrogen-bond donors (Lipinski definition) is 4. The van der Waals surface area contributed by atoms with Crippen molar-refractivity contribution < 1.29 is 9.53 Å². The topological polar surface area (TPSA) is 136 Å². The molecule has 10 heteroatoms. The van der Waals surface area contributed by atoms with Crippen molar-refractivity contribution in [2.45, 2.75) is 32.6 Å². The summed E-state index contributed by atoms with van der Waals surface area (Å²) in [5.74, 6) is 6.21. The fourth-order valence-electron chi connectivity index (χ4n) is 3.18. The summed E-state index contributed by atoms with van der Waals surface area (Å²) in [5.41, 5.74) is 9.91. The van der Waals surface area contributed by atoms with E-state index in [-0.39, 0.29) is 18.1 Å². The third-order valence-corrected chi connectivity index (χ3v) is 5.03. The summed E-state index contributed by atoms with van der Waals surface area (Å²) >= 11 is 0. The van der Waals surface area contributed by atoms with E-state index in [9.17, 15) is 4.79 Å². The van der Waals surface area contributed by atoms with E-state index in [1.54, 1.807) is 19.2 Å². The van der Waals surface area contributed by atoms with Gasteiger partial charge in [-0.1, -0.05) is 0 Å². The van der Waals surface area contributed by atoms with Gasteiger partial charge in [-0.15, -0.1) is 5.10 Å². The van der Waals surface area contributed by atoms with E-state index < -0.39 is 0 Å². The Labute approximate surface area is 167 Å². The van der Waals surface area contributed by atoms with E-state index in [2.05, 4.69) is 20.7 Å². The molecule has 1 aromatic carbocycles. The zero-order valence-corrected chi connectivity index (χ0v) is 16.5. The molecule has 29 heavy (non-hydrogen) atoms. The van der Waals surface area contributed by atoms with Crippen LogP contribution in [0.5, 0.6) is 0 Å². The fourth-order valence-corrected chi connectivity index (χ4v) is 3.18. The number of nitrogens with two attached hydrogens (primary N) is 2. The molecule has 3 heterocycles. The Morgan fingerprint density at radius 3 is 2.86 bits per heavy atom. The van der Waals surface area contributed by atoms with Crippen molar-refractivity contribution in [3.63, 3.8) is 0 Å². The van der Waals surface area contributed by atoms with Crippen LogP contribution in [0.4, 0.5) is 22.9 Å². The molecule has 0 saturated heterocycles. The Balaban J connectivity index is 1.87. The Morgan fingerprint density at radius 2 is 2.10 bits per heavy atom. The molecule has 0 aliphatic carbocycles. The average Bonchev–Trinajstić information content (AvgIpc) is 3.10. The van der Waals surface area contributed by atoms with Gasteiger partial charge in [-0.3, -0.25) is 4.79 Å². The predicted octanol–water partition coefficient (Wildman–Crippen LogP) is 1.40. The number of nitrogen functional groups attached to an aromatic ring is 1. The third kappa shape index (κ3) is 3.55. The molecule has 152 valence electrons. The number of imidazole rings is 1. The molecule has 3 aromatic rings. The minimum absolute atomic E-state index is 0.220. The first-order chi connectivity index (χ1) is 13.8. The molecule has 4 bridgehead atoms. The van der Waals surface area contributed by atoms with E-state index in [4.69, 9.17) is 16.3 Å². The van der Waals surface area contributed by atoms with E-state index >= 15 is 0 Å². The van der Waals surface area contributed by atoms with Crippen molar-refractivity contribution >= 4 is 34.4 Å². The maximum absolute atomic E-state index is 12.7. The molecule has 0 spiro atoms. The number of benzene rings is 1. The van der Waals surface area contributed by atoms with Crippen LogP contribution in [0.15, 0.2) is 30.5 Å². The number of nitrogens with one attached hydrogen (secondary N) is 2. The summed E-state index contributed by atoms with van der Waals surface area (Å²) < 4.78 is 7.48. The Bertz CT molecular complexity index is 1080. The van der Waals surface area contributed by atoms with Crippen molar-refractivity contribution in [2.24, 2.45) is 5.84 Å². The van der Waals surface area contributed by atoms with Crippen molar-refractivity contribution in [3.8, 4) is 0 Å². The number of nitrogens with zero attached hydrogens (tertiary/aromatic N) is 4. The molecule has 0 radical (unpaired) electrons. The second kappa shape index (κ2) is 7.22. The molecule has 2 unspecified atom stereocenters. The molecule has 2 aromatic heterocycles. The van der Waals surface area contributed by atoms with Crippen LogP contribution >= 0.6 is 0 Å². The molecule has 1 aliphatic heterocycles. The lowest BCUT2D eigenvalue weighted by molar-refractivity contribution is 0.0302. The predicted molar refractivity (Wildman–Crippen MR) is 111 cm³/mol. The first kappa shape index (κ1) is 19.0. The lowest BCUT2D eigenvalue weighted by atomic mass is 10.1. The van der Waals surface area contributed by atoms with Gasteiger partial charge in [-0.05, 0) is 43.7 Å². The first-order valence-corrected chi connectivity index (χ1v) is 9.28. The number of hydrogen-bond acceptors (Lipinski definition) is 8. The minimum atomic E-state index is -0.271. The summed E-state index contributed by atoms with van der Waals surface area (Å²) in [5, 5.41) is 12.1. The molecular weight excluding hydrogens is 372 g/mol. The number of rotatable bonds is 1. The third-order valence-electron chi connectivity index (χ3n) is 5.03. The highest BCUT2D eigenvalue weighted by atomic mass is 16.5. The van der Waals surface area contributed by atoms with Crippen LogP contribution in [0, 0.1) is 0 Å². The van der Waals surface area contributed by atoms with Gasteiger partial charge >= 0.3 is 0 Å². The second-order valence-corrected chi connectivity index (χ2v) is 7.22. The second-order valence-electron chi connectivity index (χ2n) is 7.22. The number of anilines is 4. The SMILES string of the molecule is CC1NC(=O)c2cnc3ccc(nn23)Nc2cc(cc(N(C)N)c2N)COC1C. The average molecular weight is 396 g/mol. The van der Waals surface area contributed by atoms with Crippen LogP contribution in [0.2, 0.25) is 0 Å². The molecule has 0 saturated carbocycles. The van der Waals surface area contributed by atoms with E-state index in [0.717, 1.165) is 5.56 Å². The van der Waals surface area contributed by atoms with Gasteiger partial charge in [0.15, 0.2) is 17.2 Å². The van der Waals surface area contributed by atoms with Crippen LogP contribution in [0.25, 0.3) is 5.65 Å².